The molecular formula is C28H41N3O4S2. The summed E-state index contributed by atoms with van der Waals surface area (Å²) in [5.74, 6) is 0.475. The fourth-order valence-electron chi connectivity index (χ4n) is 6.16. The molecule has 37 heavy (non-hydrogen) atoms. The zero-order valence-corrected chi connectivity index (χ0v) is 24.3. The number of benzene rings is 1. The molecule has 2 fully saturated rings. The van der Waals surface area contributed by atoms with Crippen molar-refractivity contribution in [2.45, 2.75) is 76.0 Å². The van der Waals surface area contributed by atoms with E-state index in [4.69, 9.17) is 4.74 Å². The number of carbonyl (C=O) groups excluding carboxylic acids is 1. The van der Waals surface area contributed by atoms with E-state index in [2.05, 4.69) is 41.8 Å². The van der Waals surface area contributed by atoms with Gasteiger partial charge in [0.2, 0.25) is 15.9 Å². The minimum Gasteiger partial charge on any atom is -0.367 e. The van der Waals surface area contributed by atoms with Crippen LogP contribution in [0.2, 0.25) is 0 Å². The van der Waals surface area contributed by atoms with Crippen molar-refractivity contribution in [1.29, 1.82) is 0 Å². The quantitative estimate of drug-likeness (QED) is 0.503. The molecule has 0 bridgehead atoms. The Morgan fingerprint density at radius 2 is 1.81 bits per heavy atom. The number of hydrogen-bond donors (Lipinski definition) is 1. The summed E-state index contributed by atoms with van der Waals surface area (Å²) in [7, 11) is 0.698. The van der Waals surface area contributed by atoms with Crippen LogP contribution >= 0.6 is 11.3 Å². The fraction of sp³-hybridized carbons (Fsp3) is 0.607. The zero-order valence-electron chi connectivity index (χ0n) is 22.7. The largest absolute Gasteiger partial charge is 0.367 e. The minimum atomic E-state index is -3.60. The summed E-state index contributed by atoms with van der Waals surface area (Å²) in [4.78, 5) is 16.7. The van der Waals surface area contributed by atoms with Gasteiger partial charge in [0, 0.05) is 30.1 Å². The van der Waals surface area contributed by atoms with E-state index in [-0.39, 0.29) is 31.2 Å². The maximum atomic E-state index is 13.3. The summed E-state index contributed by atoms with van der Waals surface area (Å²) in [6.07, 6.45) is 4.43. The first-order valence-electron chi connectivity index (χ1n) is 13.2. The van der Waals surface area contributed by atoms with E-state index < -0.39 is 10.0 Å². The molecule has 2 heterocycles. The highest BCUT2D eigenvalue weighted by molar-refractivity contribution is 7.89. The normalized spacial score (nSPS) is 23.9. The van der Waals surface area contributed by atoms with E-state index in [1.54, 1.807) is 0 Å². The summed E-state index contributed by atoms with van der Waals surface area (Å²) in [6.45, 7) is 6.31. The predicted molar refractivity (Wildman–Crippen MR) is 148 cm³/mol. The van der Waals surface area contributed by atoms with Crippen LogP contribution in [-0.4, -0.2) is 69.5 Å². The first-order chi connectivity index (χ1) is 17.6. The van der Waals surface area contributed by atoms with E-state index in [0.29, 0.717) is 29.8 Å². The second-order valence-electron chi connectivity index (χ2n) is 10.9. The number of sulfonamides is 1. The highest BCUT2D eigenvalue weighted by Gasteiger charge is 2.35. The lowest BCUT2D eigenvalue weighted by molar-refractivity contribution is -0.128. The van der Waals surface area contributed by atoms with Crippen LogP contribution in [-0.2, 0) is 19.6 Å². The molecule has 2 aromatic rings. The Morgan fingerprint density at radius 1 is 1.14 bits per heavy atom. The molecule has 9 heteroatoms. The van der Waals surface area contributed by atoms with Gasteiger partial charge in [0.05, 0.1) is 11.0 Å². The van der Waals surface area contributed by atoms with E-state index >= 15 is 0 Å². The average molecular weight is 548 g/mol. The molecule has 1 aliphatic heterocycles. The number of nitrogens with zero attached hydrogens (tertiary/aromatic N) is 2. The molecule has 1 N–H and O–H groups in total. The number of amides is 1. The smallest absolute Gasteiger partial charge is 0.246 e. The van der Waals surface area contributed by atoms with Crippen molar-refractivity contribution in [1.82, 2.24) is 14.5 Å². The number of ether oxygens (including phenoxy) is 1. The van der Waals surface area contributed by atoms with Gasteiger partial charge >= 0.3 is 0 Å². The second-order valence-corrected chi connectivity index (χ2v) is 13.8. The Morgan fingerprint density at radius 3 is 2.41 bits per heavy atom. The van der Waals surface area contributed by atoms with Crippen molar-refractivity contribution >= 4 is 27.3 Å². The van der Waals surface area contributed by atoms with Gasteiger partial charge in [-0.05, 0) is 95.5 Å². The Kier molecular flexibility index (Phi) is 9.12. The monoisotopic (exact) mass is 547 g/mol. The van der Waals surface area contributed by atoms with Crippen molar-refractivity contribution in [2.75, 3.05) is 33.8 Å². The molecular weight excluding hydrogens is 506 g/mol. The van der Waals surface area contributed by atoms with E-state index in [9.17, 15) is 13.2 Å². The first-order valence-corrected chi connectivity index (χ1v) is 15.6. The molecule has 204 valence electrons. The minimum absolute atomic E-state index is 0.0312. The van der Waals surface area contributed by atoms with Gasteiger partial charge in [-0.15, -0.1) is 11.3 Å². The van der Waals surface area contributed by atoms with Crippen molar-refractivity contribution < 1.29 is 17.9 Å². The number of thiophene rings is 1. The Bertz CT molecular complexity index is 1150. The molecule has 1 saturated heterocycles. The molecule has 2 atom stereocenters. The maximum Gasteiger partial charge on any atom is 0.246 e. The lowest BCUT2D eigenvalue weighted by Gasteiger charge is -2.37. The SMILES string of the molecule is Cc1cc(C)c(S(=O)(=O)N2CCC(OCC(=O)NC3CCC(C(c4cccs4)N(C)C)CC3)C2)c(C)c1. The van der Waals surface area contributed by atoms with Gasteiger partial charge in [0.25, 0.3) is 0 Å². The lowest BCUT2D eigenvalue weighted by Crippen LogP contribution is -2.41. The predicted octanol–water partition coefficient (Wildman–Crippen LogP) is 4.43. The third-order valence-corrected chi connectivity index (χ3v) is 10.8. The first kappa shape index (κ1) is 28.2. The highest BCUT2D eigenvalue weighted by Crippen LogP contribution is 2.39. The maximum absolute atomic E-state index is 13.3. The lowest BCUT2D eigenvalue weighted by atomic mass is 9.80. The van der Waals surface area contributed by atoms with Crippen LogP contribution in [0.5, 0.6) is 0 Å². The second kappa shape index (κ2) is 11.9. The van der Waals surface area contributed by atoms with Crippen LogP contribution in [0.25, 0.3) is 0 Å². The molecule has 0 radical (unpaired) electrons. The van der Waals surface area contributed by atoms with Crippen LogP contribution < -0.4 is 5.32 Å². The Balaban J connectivity index is 1.23. The van der Waals surface area contributed by atoms with Crippen LogP contribution in [0.4, 0.5) is 0 Å². The molecule has 1 aromatic carbocycles. The van der Waals surface area contributed by atoms with E-state index in [1.165, 1.54) is 9.18 Å². The number of nitrogens with one attached hydrogen (secondary N) is 1. The molecule has 4 rings (SSSR count). The van der Waals surface area contributed by atoms with E-state index in [0.717, 1.165) is 42.4 Å². The molecule has 1 aromatic heterocycles. The molecule has 7 nitrogen and oxygen atoms in total. The molecule has 0 spiro atoms. The fourth-order valence-corrected chi connectivity index (χ4v) is 9.08. The summed E-state index contributed by atoms with van der Waals surface area (Å²) >= 11 is 1.82. The topological polar surface area (TPSA) is 78.9 Å². The van der Waals surface area contributed by atoms with Gasteiger partial charge in [-0.25, -0.2) is 8.42 Å². The summed E-state index contributed by atoms with van der Waals surface area (Å²) in [5, 5.41) is 5.29. The van der Waals surface area contributed by atoms with Crippen LogP contribution in [0.15, 0.2) is 34.5 Å². The number of rotatable bonds is 9. The van der Waals surface area contributed by atoms with Gasteiger partial charge in [0.15, 0.2) is 0 Å². The van der Waals surface area contributed by atoms with Gasteiger partial charge in [-0.2, -0.15) is 4.31 Å². The zero-order chi connectivity index (χ0) is 26.7. The molecule has 1 amide bonds. The van der Waals surface area contributed by atoms with Crippen molar-refractivity contribution in [2.24, 2.45) is 5.92 Å². The van der Waals surface area contributed by atoms with Gasteiger partial charge in [-0.3, -0.25) is 4.79 Å². The van der Waals surface area contributed by atoms with Gasteiger partial charge < -0.3 is 15.0 Å². The average Bonchev–Trinajstić information content (AvgIpc) is 3.51. The highest BCUT2D eigenvalue weighted by atomic mass is 32.2. The van der Waals surface area contributed by atoms with Crippen LogP contribution in [0.3, 0.4) is 0 Å². The number of carbonyl (C=O) groups is 1. The molecule has 1 aliphatic carbocycles. The summed E-state index contributed by atoms with van der Waals surface area (Å²) in [5.41, 5.74) is 2.59. The molecule has 1 saturated carbocycles. The van der Waals surface area contributed by atoms with Crippen LogP contribution in [0.1, 0.15) is 59.7 Å². The summed E-state index contributed by atoms with van der Waals surface area (Å²) < 4.78 is 34.0. The van der Waals surface area contributed by atoms with Gasteiger partial charge in [-0.1, -0.05) is 23.8 Å². The van der Waals surface area contributed by atoms with Crippen molar-refractivity contribution in [3.8, 4) is 0 Å². The standard InChI is InChI=1S/C28H41N3O4S2/c1-19-15-20(2)28(21(3)16-19)37(33,34)31-13-12-24(17-31)35-18-26(32)29-23-10-8-22(9-11-23)27(30(4)5)25-7-6-14-36-25/h6-7,14-16,22-24,27H,8-13,17-18H2,1-5H3,(H,29,32). The molecule has 2 aliphatic rings. The Labute approximate surface area is 226 Å². The van der Waals surface area contributed by atoms with E-state index in [1.807, 2.05) is 44.2 Å². The van der Waals surface area contributed by atoms with Crippen molar-refractivity contribution in [3.05, 3.63) is 51.2 Å². The van der Waals surface area contributed by atoms with Crippen molar-refractivity contribution in [3.63, 3.8) is 0 Å². The summed E-state index contributed by atoms with van der Waals surface area (Å²) in [6, 6.07) is 8.75. The third-order valence-electron chi connectivity index (χ3n) is 7.73. The Hall–Kier alpha value is -1.78. The van der Waals surface area contributed by atoms with Gasteiger partial charge in [0.1, 0.15) is 6.61 Å². The molecule has 2 unspecified atom stereocenters. The third kappa shape index (κ3) is 6.63. The number of aryl methyl sites for hydroxylation is 3. The number of hydrogen-bond acceptors (Lipinski definition) is 6. The van der Waals surface area contributed by atoms with Crippen LogP contribution in [0, 0.1) is 26.7 Å².